The third kappa shape index (κ3) is 2.25. The summed E-state index contributed by atoms with van der Waals surface area (Å²) < 4.78 is 1.31. The Balaban J connectivity index is 2.57. The molecular weight excluding hydrogens is 214 g/mol. The molecule has 0 fully saturated rings. The van der Waals surface area contributed by atoms with Crippen LogP contribution in [0.2, 0.25) is 0 Å². The monoisotopic (exact) mass is 227 g/mol. The van der Waals surface area contributed by atoms with E-state index in [1.165, 1.54) is 10.6 Å². The lowest BCUT2D eigenvalue weighted by Gasteiger charge is -2.05. The number of rotatable bonds is 2. The van der Waals surface area contributed by atoms with Crippen LogP contribution in [0.5, 0.6) is 0 Å². The maximum atomic E-state index is 11.8. The standard InChI is InChI=1S/C13H13N3O/c1-2-8-16-12(17)9-11(15-13(16)14)10-6-4-3-5-7-10/h2-9H,1H3,(H2,14,15)/b8-2-. The van der Waals surface area contributed by atoms with Crippen molar-refractivity contribution in [2.45, 2.75) is 6.92 Å². The second-order valence-electron chi connectivity index (χ2n) is 3.56. The van der Waals surface area contributed by atoms with Gasteiger partial charge in [0.15, 0.2) is 0 Å². The first-order chi connectivity index (χ1) is 8.22. The molecule has 0 spiro atoms. The van der Waals surface area contributed by atoms with Gasteiger partial charge in [-0.05, 0) is 6.92 Å². The summed E-state index contributed by atoms with van der Waals surface area (Å²) in [6, 6.07) is 11.0. The SMILES string of the molecule is C/C=C\n1c(N)nc(-c2ccccc2)cc1=O. The molecule has 0 radical (unpaired) electrons. The number of nitrogen functional groups attached to an aromatic ring is 1. The Morgan fingerprint density at radius 2 is 2.00 bits per heavy atom. The van der Waals surface area contributed by atoms with Crippen molar-refractivity contribution < 1.29 is 0 Å². The molecule has 2 aromatic rings. The molecule has 0 unspecified atom stereocenters. The maximum Gasteiger partial charge on any atom is 0.259 e. The zero-order valence-corrected chi connectivity index (χ0v) is 9.50. The minimum absolute atomic E-state index is 0.186. The quantitative estimate of drug-likeness (QED) is 0.853. The normalized spacial score (nSPS) is 10.9. The van der Waals surface area contributed by atoms with Crippen LogP contribution in [0.3, 0.4) is 0 Å². The van der Waals surface area contributed by atoms with Gasteiger partial charge in [0, 0.05) is 17.8 Å². The van der Waals surface area contributed by atoms with Crippen molar-refractivity contribution in [3.05, 3.63) is 52.8 Å². The lowest BCUT2D eigenvalue weighted by molar-refractivity contribution is 1.01. The Kier molecular flexibility index (Phi) is 3.05. The van der Waals surface area contributed by atoms with Crippen molar-refractivity contribution in [3.8, 4) is 11.3 Å². The molecule has 1 aromatic carbocycles. The molecule has 0 aliphatic heterocycles. The van der Waals surface area contributed by atoms with Gasteiger partial charge in [-0.2, -0.15) is 0 Å². The molecule has 0 atom stereocenters. The van der Waals surface area contributed by atoms with Crippen molar-refractivity contribution in [1.29, 1.82) is 0 Å². The number of nitrogens with two attached hydrogens (primary N) is 1. The average Bonchev–Trinajstić information content (AvgIpc) is 2.35. The highest BCUT2D eigenvalue weighted by Crippen LogP contribution is 2.15. The van der Waals surface area contributed by atoms with Crippen LogP contribution in [0.15, 0.2) is 47.3 Å². The first kappa shape index (κ1) is 11.1. The number of benzene rings is 1. The van der Waals surface area contributed by atoms with Crippen LogP contribution in [0.25, 0.3) is 17.5 Å². The van der Waals surface area contributed by atoms with E-state index in [0.717, 1.165) is 5.56 Å². The summed E-state index contributed by atoms with van der Waals surface area (Å²) in [4.78, 5) is 16.0. The predicted molar refractivity (Wildman–Crippen MR) is 69.3 cm³/mol. The molecule has 0 saturated heterocycles. The second-order valence-corrected chi connectivity index (χ2v) is 3.56. The first-order valence-electron chi connectivity index (χ1n) is 5.29. The van der Waals surface area contributed by atoms with E-state index in [9.17, 15) is 4.79 Å². The number of hydrogen-bond donors (Lipinski definition) is 1. The lowest BCUT2D eigenvalue weighted by atomic mass is 10.1. The van der Waals surface area contributed by atoms with Gasteiger partial charge in [-0.25, -0.2) is 4.98 Å². The highest BCUT2D eigenvalue weighted by molar-refractivity contribution is 5.60. The van der Waals surface area contributed by atoms with E-state index in [-0.39, 0.29) is 11.5 Å². The van der Waals surface area contributed by atoms with Crippen LogP contribution in [0.4, 0.5) is 5.95 Å². The molecule has 1 aromatic heterocycles. The smallest absolute Gasteiger partial charge is 0.259 e. The highest BCUT2D eigenvalue weighted by atomic mass is 16.1. The van der Waals surface area contributed by atoms with Crippen molar-refractivity contribution in [2.75, 3.05) is 5.73 Å². The van der Waals surface area contributed by atoms with Gasteiger partial charge >= 0.3 is 0 Å². The molecule has 4 heteroatoms. The molecule has 86 valence electrons. The van der Waals surface area contributed by atoms with Crippen LogP contribution in [0, 0.1) is 0 Å². The van der Waals surface area contributed by atoms with Gasteiger partial charge in [0.25, 0.3) is 5.56 Å². The molecule has 17 heavy (non-hydrogen) atoms. The van der Waals surface area contributed by atoms with E-state index in [1.54, 1.807) is 12.3 Å². The van der Waals surface area contributed by atoms with E-state index < -0.39 is 0 Å². The molecule has 0 bridgehead atoms. The van der Waals surface area contributed by atoms with Crippen LogP contribution < -0.4 is 11.3 Å². The molecule has 2 N–H and O–H groups in total. The minimum atomic E-state index is -0.186. The van der Waals surface area contributed by atoms with E-state index in [4.69, 9.17) is 5.73 Å². The molecular formula is C13H13N3O. The third-order valence-corrected chi connectivity index (χ3v) is 2.35. The second kappa shape index (κ2) is 4.65. The van der Waals surface area contributed by atoms with Crippen molar-refractivity contribution >= 4 is 12.1 Å². The number of allylic oxidation sites excluding steroid dienone is 1. The van der Waals surface area contributed by atoms with Gasteiger partial charge in [0.1, 0.15) is 0 Å². The minimum Gasteiger partial charge on any atom is -0.369 e. The Morgan fingerprint density at radius 1 is 1.29 bits per heavy atom. The van der Waals surface area contributed by atoms with Crippen molar-refractivity contribution in [2.24, 2.45) is 0 Å². The topological polar surface area (TPSA) is 60.9 Å². The van der Waals surface area contributed by atoms with Gasteiger partial charge in [-0.3, -0.25) is 9.36 Å². The zero-order chi connectivity index (χ0) is 12.3. The van der Waals surface area contributed by atoms with Crippen LogP contribution >= 0.6 is 0 Å². The molecule has 0 saturated carbocycles. The average molecular weight is 227 g/mol. The lowest BCUT2D eigenvalue weighted by Crippen LogP contribution is -2.19. The van der Waals surface area contributed by atoms with Gasteiger partial charge in [-0.15, -0.1) is 0 Å². The molecule has 0 aliphatic rings. The van der Waals surface area contributed by atoms with Crippen LogP contribution in [-0.4, -0.2) is 9.55 Å². The van der Waals surface area contributed by atoms with Crippen molar-refractivity contribution in [1.82, 2.24) is 9.55 Å². The largest absolute Gasteiger partial charge is 0.369 e. The van der Waals surface area contributed by atoms with E-state index in [0.29, 0.717) is 5.69 Å². The van der Waals surface area contributed by atoms with Crippen LogP contribution in [0.1, 0.15) is 6.92 Å². The van der Waals surface area contributed by atoms with E-state index in [1.807, 2.05) is 37.3 Å². The van der Waals surface area contributed by atoms with Crippen LogP contribution in [-0.2, 0) is 0 Å². The molecule has 2 rings (SSSR count). The number of hydrogen-bond acceptors (Lipinski definition) is 3. The Morgan fingerprint density at radius 3 is 2.59 bits per heavy atom. The van der Waals surface area contributed by atoms with Crippen molar-refractivity contribution in [3.63, 3.8) is 0 Å². The first-order valence-corrected chi connectivity index (χ1v) is 5.29. The Bertz CT molecular complexity index is 600. The van der Waals surface area contributed by atoms with E-state index >= 15 is 0 Å². The fraction of sp³-hybridized carbons (Fsp3) is 0.0769. The van der Waals surface area contributed by atoms with Gasteiger partial charge < -0.3 is 5.73 Å². The molecule has 0 aliphatic carbocycles. The summed E-state index contributed by atoms with van der Waals surface area (Å²) >= 11 is 0. The Labute approximate surface area is 99.0 Å². The summed E-state index contributed by atoms with van der Waals surface area (Å²) in [5.74, 6) is 0.189. The molecule has 4 nitrogen and oxygen atoms in total. The zero-order valence-electron chi connectivity index (χ0n) is 9.50. The van der Waals surface area contributed by atoms with Gasteiger partial charge in [-0.1, -0.05) is 36.4 Å². The predicted octanol–water partition coefficient (Wildman–Crippen LogP) is 1.98. The number of aromatic nitrogens is 2. The van der Waals surface area contributed by atoms with E-state index in [2.05, 4.69) is 4.98 Å². The number of nitrogens with zero attached hydrogens (tertiary/aromatic N) is 2. The molecule has 1 heterocycles. The number of anilines is 1. The van der Waals surface area contributed by atoms with Gasteiger partial charge in [0.2, 0.25) is 5.95 Å². The summed E-state index contributed by atoms with van der Waals surface area (Å²) in [7, 11) is 0. The fourth-order valence-corrected chi connectivity index (χ4v) is 1.56. The van der Waals surface area contributed by atoms with Gasteiger partial charge in [0.05, 0.1) is 5.69 Å². The molecule has 0 amide bonds. The third-order valence-electron chi connectivity index (χ3n) is 2.35. The maximum absolute atomic E-state index is 11.8. The summed E-state index contributed by atoms with van der Waals surface area (Å²) in [6.45, 7) is 1.82. The fourth-order valence-electron chi connectivity index (χ4n) is 1.56. The highest BCUT2D eigenvalue weighted by Gasteiger charge is 2.05. The summed E-state index contributed by atoms with van der Waals surface area (Å²) in [5.41, 5.74) is 7.03. The Hall–Kier alpha value is -2.36. The summed E-state index contributed by atoms with van der Waals surface area (Å²) in [6.07, 6.45) is 3.33. The summed E-state index contributed by atoms with van der Waals surface area (Å²) in [5, 5.41) is 0.